The van der Waals surface area contributed by atoms with E-state index in [4.69, 9.17) is 4.74 Å². The SMILES string of the molecule is COC(=O)c1cc(C)sc1NC(=O)Cc1ccc(Br)cc1. The molecule has 0 atom stereocenters. The van der Waals surface area contributed by atoms with Crippen molar-refractivity contribution < 1.29 is 14.3 Å². The number of hydrogen-bond donors (Lipinski definition) is 1. The highest BCUT2D eigenvalue weighted by Crippen LogP contribution is 2.28. The van der Waals surface area contributed by atoms with E-state index in [1.165, 1.54) is 18.4 Å². The highest BCUT2D eigenvalue weighted by atomic mass is 79.9. The van der Waals surface area contributed by atoms with Crippen molar-refractivity contribution in [3.8, 4) is 0 Å². The van der Waals surface area contributed by atoms with Gasteiger partial charge in [-0.2, -0.15) is 0 Å². The Balaban J connectivity index is 2.09. The fourth-order valence-corrected chi connectivity index (χ4v) is 3.01. The molecule has 1 aromatic heterocycles. The van der Waals surface area contributed by atoms with E-state index in [0.717, 1.165) is 14.9 Å². The van der Waals surface area contributed by atoms with E-state index in [1.54, 1.807) is 6.07 Å². The van der Waals surface area contributed by atoms with Gasteiger partial charge in [-0.3, -0.25) is 4.79 Å². The lowest BCUT2D eigenvalue weighted by molar-refractivity contribution is -0.115. The first-order valence-corrected chi connectivity index (χ1v) is 7.83. The van der Waals surface area contributed by atoms with Crippen LogP contribution < -0.4 is 5.32 Å². The van der Waals surface area contributed by atoms with Crippen LogP contribution in [0.1, 0.15) is 20.8 Å². The first-order valence-electron chi connectivity index (χ1n) is 6.22. The topological polar surface area (TPSA) is 55.4 Å². The summed E-state index contributed by atoms with van der Waals surface area (Å²) in [6.07, 6.45) is 0.255. The van der Waals surface area contributed by atoms with Crippen molar-refractivity contribution in [2.24, 2.45) is 0 Å². The zero-order chi connectivity index (χ0) is 15.4. The quantitative estimate of drug-likeness (QED) is 0.836. The van der Waals surface area contributed by atoms with Gasteiger partial charge < -0.3 is 10.1 Å². The predicted molar refractivity (Wildman–Crippen MR) is 86.9 cm³/mol. The summed E-state index contributed by atoms with van der Waals surface area (Å²) in [6, 6.07) is 9.25. The molecule has 0 bridgehead atoms. The third-order valence-electron chi connectivity index (χ3n) is 2.79. The molecule has 1 amide bonds. The molecule has 0 unspecified atom stereocenters. The number of carbonyl (C=O) groups is 2. The standard InChI is InChI=1S/C15H14BrNO3S/c1-9-7-12(15(19)20-2)14(21-9)17-13(18)8-10-3-5-11(16)6-4-10/h3-7H,8H2,1-2H3,(H,17,18). The zero-order valence-corrected chi connectivity index (χ0v) is 14.0. The second-order valence-corrected chi connectivity index (χ2v) is 6.61. The smallest absolute Gasteiger partial charge is 0.340 e. The molecule has 0 aliphatic carbocycles. The van der Waals surface area contributed by atoms with Crippen LogP contribution in [0.2, 0.25) is 0 Å². The second-order valence-electron chi connectivity index (χ2n) is 4.44. The Morgan fingerprint density at radius 3 is 2.57 bits per heavy atom. The number of hydrogen-bond acceptors (Lipinski definition) is 4. The molecule has 0 aliphatic heterocycles. The Labute approximate surface area is 135 Å². The lowest BCUT2D eigenvalue weighted by atomic mass is 10.1. The Kier molecular flexibility index (Phi) is 5.14. The molecule has 0 radical (unpaired) electrons. The minimum atomic E-state index is -0.446. The number of carbonyl (C=O) groups excluding carboxylic acids is 2. The van der Waals surface area contributed by atoms with E-state index >= 15 is 0 Å². The summed E-state index contributed by atoms with van der Waals surface area (Å²) >= 11 is 4.71. The van der Waals surface area contributed by atoms with Crippen molar-refractivity contribution in [1.29, 1.82) is 0 Å². The van der Waals surface area contributed by atoms with E-state index in [1.807, 2.05) is 31.2 Å². The van der Waals surface area contributed by atoms with E-state index in [9.17, 15) is 9.59 Å². The molecular weight excluding hydrogens is 354 g/mol. The zero-order valence-electron chi connectivity index (χ0n) is 11.6. The Bertz CT molecular complexity index is 664. The molecule has 6 heteroatoms. The number of halogens is 1. The monoisotopic (exact) mass is 367 g/mol. The molecule has 21 heavy (non-hydrogen) atoms. The fraction of sp³-hybridized carbons (Fsp3) is 0.200. The summed E-state index contributed by atoms with van der Waals surface area (Å²) in [6.45, 7) is 1.88. The van der Waals surface area contributed by atoms with Crippen LogP contribution in [-0.4, -0.2) is 19.0 Å². The molecule has 2 aromatic rings. The van der Waals surface area contributed by atoms with Gasteiger partial charge in [-0.1, -0.05) is 28.1 Å². The Hall–Kier alpha value is -1.66. The van der Waals surface area contributed by atoms with Crippen LogP contribution in [0.25, 0.3) is 0 Å². The molecule has 0 aliphatic rings. The molecular formula is C15H14BrNO3S. The highest BCUT2D eigenvalue weighted by Gasteiger charge is 2.17. The van der Waals surface area contributed by atoms with Crippen LogP contribution in [0.4, 0.5) is 5.00 Å². The third-order valence-corrected chi connectivity index (χ3v) is 4.29. The molecule has 0 fully saturated rings. The number of esters is 1. The van der Waals surface area contributed by atoms with Gasteiger partial charge in [-0.25, -0.2) is 4.79 Å². The minimum Gasteiger partial charge on any atom is -0.465 e. The molecule has 1 heterocycles. The van der Waals surface area contributed by atoms with Crippen molar-refractivity contribution in [1.82, 2.24) is 0 Å². The van der Waals surface area contributed by atoms with E-state index < -0.39 is 5.97 Å². The summed E-state index contributed by atoms with van der Waals surface area (Å²) < 4.78 is 5.68. The maximum atomic E-state index is 12.1. The van der Waals surface area contributed by atoms with Crippen LogP contribution in [0.3, 0.4) is 0 Å². The summed E-state index contributed by atoms with van der Waals surface area (Å²) in [4.78, 5) is 24.7. The van der Waals surface area contributed by atoms with Crippen molar-refractivity contribution in [3.63, 3.8) is 0 Å². The predicted octanol–water partition coefficient (Wildman–Crippen LogP) is 3.79. The maximum absolute atomic E-state index is 12.1. The molecule has 0 saturated heterocycles. The average molecular weight is 368 g/mol. The van der Waals surface area contributed by atoms with E-state index in [-0.39, 0.29) is 12.3 Å². The second kappa shape index (κ2) is 6.87. The van der Waals surface area contributed by atoms with Gasteiger partial charge >= 0.3 is 5.97 Å². The number of anilines is 1. The number of ether oxygens (including phenoxy) is 1. The molecule has 0 spiro atoms. The van der Waals surface area contributed by atoms with Gasteiger partial charge in [0.2, 0.25) is 5.91 Å². The number of benzene rings is 1. The van der Waals surface area contributed by atoms with Crippen LogP contribution in [0.5, 0.6) is 0 Å². The number of rotatable bonds is 4. The van der Waals surface area contributed by atoms with E-state index in [2.05, 4.69) is 21.2 Å². The molecule has 4 nitrogen and oxygen atoms in total. The molecule has 2 rings (SSSR count). The van der Waals surface area contributed by atoms with Crippen LogP contribution in [-0.2, 0) is 16.0 Å². The minimum absolute atomic E-state index is 0.163. The average Bonchev–Trinajstić information content (AvgIpc) is 2.81. The molecule has 1 N–H and O–H groups in total. The van der Waals surface area contributed by atoms with Crippen molar-refractivity contribution in [3.05, 3.63) is 50.8 Å². The fourth-order valence-electron chi connectivity index (χ4n) is 1.83. The summed E-state index contributed by atoms with van der Waals surface area (Å²) in [7, 11) is 1.32. The van der Waals surface area contributed by atoms with Gasteiger partial charge in [0, 0.05) is 9.35 Å². The summed E-state index contributed by atoms with van der Waals surface area (Å²) in [5.74, 6) is -0.609. The highest BCUT2D eigenvalue weighted by molar-refractivity contribution is 9.10. The van der Waals surface area contributed by atoms with Gasteiger partial charge in [-0.15, -0.1) is 11.3 Å². The normalized spacial score (nSPS) is 10.2. The van der Waals surface area contributed by atoms with Crippen LogP contribution in [0, 0.1) is 6.92 Å². The van der Waals surface area contributed by atoms with Crippen LogP contribution in [0.15, 0.2) is 34.8 Å². The lowest BCUT2D eigenvalue weighted by Crippen LogP contribution is -2.15. The molecule has 0 saturated carbocycles. The van der Waals surface area contributed by atoms with Gasteiger partial charge in [0.1, 0.15) is 5.00 Å². The van der Waals surface area contributed by atoms with Gasteiger partial charge in [0.15, 0.2) is 0 Å². The Morgan fingerprint density at radius 2 is 1.95 bits per heavy atom. The maximum Gasteiger partial charge on any atom is 0.340 e. The number of amides is 1. The van der Waals surface area contributed by atoms with E-state index in [0.29, 0.717) is 10.6 Å². The molecule has 110 valence electrons. The number of aryl methyl sites for hydroxylation is 1. The third kappa shape index (κ3) is 4.15. The van der Waals surface area contributed by atoms with Crippen molar-refractivity contribution in [2.75, 3.05) is 12.4 Å². The number of thiophene rings is 1. The lowest BCUT2D eigenvalue weighted by Gasteiger charge is -2.05. The number of nitrogens with one attached hydrogen (secondary N) is 1. The Morgan fingerprint density at radius 1 is 1.29 bits per heavy atom. The summed E-state index contributed by atoms with van der Waals surface area (Å²) in [5, 5.41) is 3.31. The molecule has 1 aromatic carbocycles. The largest absolute Gasteiger partial charge is 0.465 e. The van der Waals surface area contributed by atoms with Crippen molar-refractivity contribution in [2.45, 2.75) is 13.3 Å². The van der Waals surface area contributed by atoms with Gasteiger partial charge in [-0.05, 0) is 30.7 Å². The number of methoxy groups -OCH3 is 1. The summed E-state index contributed by atoms with van der Waals surface area (Å²) in [5.41, 5.74) is 1.30. The van der Waals surface area contributed by atoms with Gasteiger partial charge in [0.25, 0.3) is 0 Å². The van der Waals surface area contributed by atoms with Crippen LogP contribution >= 0.6 is 27.3 Å². The van der Waals surface area contributed by atoms with Crippen molar-refractivity contribution >= 4 is 44.1 Å². The first-order chi connectivity index (χ1) is 9.99. The van der Waals surface area contributed by atoms with Gasteiger partial charge in [0.05, 0.1) is 19.1 Å². The first kappa shape index (κ1) is 15.7.